The van der Waals surface area contributed by atoms with Gasteiger partial charge >= 0.3 is 0 Å². The maximum Gasteiger partial charge on any atom is 0.206 e. The van der Waals surface area contributed by atoms with E-state index in [1.54, 1.807) is 6.08 Å². The summed E-state index contributed by atoms with van der Waals surface area (Å²) in [5.74, 6) is 0.363. The van der Waals surface area contributed by atoms with Crippen molar-refractivity contribution in [3.8, 4) is 0 Å². The van der Waals surface area contributed by atoms with Crippen molar-refractivity contribution in [3.63, 3.8) is 0 Å². The van der Waals surface area contributed by atoms with E-state index < -0.39 is 0 Å². The Hall–Kier alpha value is -0.570. The largest absolute Gasteiger partial charge is 0.481 e. The molecule has 0 aromatic carbocycles. The highest BCUT2D eigenvalue weighted by Crippen LogP contribution is 1.98. The normalized spacial score (nSPS) is 10.7. The molecular formula is C6H8BrNO. The zero-order chi connectivity index (χ0) is 7.28. The predicted octanol–water partition coefficient (Wildman–Crippen LogP) is 2.08. The fourth-order valence-electron chi connectivity index (χ4n) is 0.210. The molecular weight excluding hydrogens is 182 g/mol. The molecule has 0 aromatic heterocycles. The monoisotopic (exact) mass is 189 g/mol. The Labute approximate surface area is 63.1 Å². The Morgan fingerprint density at radius 3 is 2.67 bits per heavy atom. The predicted molar refractivity (Wildman–Crippen MR) is 42.7 cm³/mol. The maximum absolute atomic E-state index is 4.66. The lowest BCUT2D eigenvalue weighted by molar-refractivity contribution is 0.291. The van der Waals surface area contributed by atoms with Crippen molar-refractivity contribution >= 4 is 20.6 Å². The summed E-state index contributed by atoms with van der Waals surface area (Å²) in [4.78, 5) is 3.81. The van der Waals surface area contributed by atoms with Crippen LogP contribution >= 0.6 is 15.9 Å². The smallest absolute Gasteiger partial charge is 0.206 e. The molecule has 0 radical (unpaired) electrons. The lowest BCUT2D eigenvalue weighted by Crippen LogP contribution is -1.83. The van der Waals surface area contributed by atoms with Crippen molar-refractivity contribution in [2.45, 2.75) is 0 Å². The molecule has 0 N–H and O–H groups in total. The number of methoxy groups -OCH3 is 1. The Bertz CT molecular complexity index is 151. The van der Waals surface area contributed by atoms with Gasteiger partial charge in [-0.2, -0.15) is 0 Å². The Morgan fingerprint density at radius 2 is 2.33 bits per heavy atom. The van der Waals surface area contributed by atoms with Crippen LogP contribution in [0.4, 0.5) is 0 Å². The fourth-order valence-corrected chi connectivity index (χ4v) is 0.408. The van der Waals surface area contributed by atoms with E-state index in [1.165, 1.54) is 7.11 Å². The van der Waals surface area contributed by atoms with Crippen molar-refractivity contribution in [3.05, 3.63) is 25.1 Å². The molecule has 0 aliphatic rings. The summed E-state index contributed by atoms with van der Waals surface area (Å²) in [5.41, 5.74) is 0. The molecule has 0 aliphatic heterocycles. The van der Waals surface area contributed by atoms with Crippen molar-refractivity contribution < 1.29 is 4.74 Å². The average Bonchev–Trinajstić information content (AvgIpc) is 1.87. The quantitative estimate of drug-likeness (QED) is 0.493. The third kappa shape index (κ3) is 3.97. The Kier molecular flexibility index (Phi) is 4.05. The first kappa shape index (κ1) is 8.43. The van der Waals surface area contributed by atoms with Gasteiger partial charge in [-0.1, -0.05) is 6.58 Å². The average molecular weight is 190 g/mol. The van der Waals surface area contributed by atoms with Gasteiger partial charge in [0.25, 0.3) is 0 Å². The van der Waals surface area contributed by atoms with Gasteiger partial charge in [-0.15, -0.1) is 0 Å². The number of ether oxygens (including phenoxy) is 1. The SMILES string of the molecule is C=C/C(Br)=N\C(=C)OC. The number of allylic oxidation sites excluding steroid dienone is 1. The molecule has 0 unspecified atom stereocenters. The van der Waals surface area contributed by atoms with E-state index in [2.05, 4.69) is 38.8 Å². The van der Waals surface area contributed by atoms with Gasteiger partial charge in [-0.3, -0.25) is 0 Å². The minimum absolute atomic E-state index is 0.363. The lowest BCUT2D eigenvalue weighted by Gasteiger charge is -1.94. The van der Waals surface area contributed by atoms with Gasteiger partial charge in [-0.05, 0) is 28.6 Å². The van der Waals surface area contributed by atoms with Crippen LogP contribution in [0.5, 0.6) is 0 Å². The number of halogens is 1. The van der Waals surface area contributed by atoms with E-state index in [4.69, 9.17) is 0 Å². The molecule has 0 saturated heterocycles. The maximum atomic E-state index is 4.66. The molecule has 0 amide bonds. The van der Waals surface area contributed by atoms with Crippen LogP contribution in [0.2, 0.25) is 0 Å². The molecule has 2 nitrogen and oxygen atoms in total. The highest BCUT2D eigenvalue weighted by Gasteiger charge is 1.86. The number of hydrogen-bond donors (Lipinski definition) is 0. The number of nitrogens with zero attached hydrogens (tertiary/aromatic N) is 1. The number of rotatable bonds is 3. The second-order valence-corrected chi connectivity index (χ2v) is 2.05. The second-order valence-electron chi connectivity index (χ2n) is 1.24. The molecule has 50 valence electrons. The Balaban J connectivity index is 3.94. The summed E-state index contributed by atoms with van der Waals surface area (Å²) in [6.07, 6.45) is 1.56. The fraction of sp³-hybridized carbons (Fsp3) is 0.167. The van der Waals surface area contributed by atoms with Crippen LogP contribution < -0.4 is 0 Å². The summed E-state index contributed by atoms with van der Waals surface area (Å²) < 4.78 is 5.28. The molecule has 3 heteroatoms. The molecule has 0 rings (SSSR count). The third-order valence-electron chi connectivity index (χ3n) is 0.636. The van der Waals surface area contributed by atoms with Crippen LogP contribution in [-0.2, 0) is 4.74 Å². The van der Waals surface area contributed by atoms with E-state index in [0.717, 1.165) is 0 Å². The van der Waals surface area contributed by atoms with E-state index in [-0.39, 0.29) is 0 Å². The summed E-state index contributed by atoms with van der Waals surface area (Å²) >= 11 is 3.11. The van der Waals surface area contributed by atoms with Crippen molar-refractivity contribution in [2.24, 2.45) is 4.99 Å². The molecule has 0 aliphatic carbocycles. The first-order valence-electron chi connectivity index (χ1n) is 2.30. The van der Waals surface area contributed by atoms with E-state index in [9.17, 15) is 0 Å². The topological polar surface area (TPSA) is 21.6 Å². The van der Waals surface area contributed by atoms with E-state index in [1.807, 2.05) is 0 Å². The first-order chi connectivity index (χ1) is 4.20. The second kappa shape index (κ2) is 4.32. The van der Waals surface area contributed by atoms with Crippen LogP contribution in [0, 0.1) is 0 Å². The standard InChI is InChI=1S/C6H8BrNO/c1-4-6(7)8-5(2)9-3/h4H,1-2H2,3H3/b8-6+. The van der Waals surface area contributed by atoms with Gasteiger partial charge in [0.2, 0.25) is 5.88 Å². The summed E-state index contributed by atoms with van der Waals surface area (Å²) in [7, 11) is 1.51. The van der Waals surface area contributed by atoms with Gasteiger partial charge in [0.1, 0.15) is 4.62 Å². The third-order valence-corrected chi connectivity index (χ3v) is 1.14. The van der Waals surface area contributed by atoms with Crippen molar-refractivity contribution in [2.75, 3.05) is 7.11 Å². The van der Waals surface area contributed by atoms with Gasteiger partial charge in [0.05, 0.1) is 7.11 Å². The van der Waals surface area contributed by atoms with E-state index >= 15 is 0 Å². The van der Waals surface area contributed by atoms with Crippen LogP contribution in [0.1, 0.15) is 0 Å². The first-order valence-corrected chi connectivity index (χ1v) is 3.09. The molecule has 0 aromatic rings. The zero-order valence-electron chi connectivity index (χ0n) is 5.22. The van der Waals surface area contributed by atoms with Crippen LogP contribution in [0.3, 0.4) is 0 Å². The van der Waals surface area contributed by atoms with Gasteiger partial charge in [0.15, 0.2) is 0 Å². The minimum atomic E-state index is 0.363. The summed E-state index contributed by atoms with van der Waals surface area (Å²) in [5, 5.41) is 0. The van der Waals surface area contributed by atoms with Crippen molar-refractivity contribution in [1.29, 1.82) is 0 Å². The van der Waals surface area contributed by atoms with Crippen LogP contribution in [-0.4, -0.2) is 11.7 Å². The molecule has 0 bridgehead atoms. The van der Waals surface area contributed by atoms with Crippen LogP contribution in [0.15, 0.2) is 30.1 Å². The highest BCUT2D eigenvalue weighted by atomic mass is 79.9. The van der Waals surface area contributed by atoms with Crippen LogP contribution in [0.25, 0.3) is 0 Å². The summed E-state index contributed by atoms with van der Waals surface area (Å²) in [6, 6.07) is 0. The number of aliphatic imine (C=N–C) groups is 1. The van der Waals surface area contributed by atoms with Gasteiger partial charge < -0.3 is 4.74 Å². The number of hydrogen-bond acceptors (Lipinski definition) is 2. The lowest BCUT2D eigenvalue weighted by atomic mass is 10.7. The summed E-state index contributed by atoms with van der Waals surface area (Å²) in [6.45, 7) is 6.95. The van der Waals surface area contributed by atoms with Gasteiger partial charge in [-0.25, -0.2) is 4.99 Å². The highest BCUT2D eigenvalue weighted by molar-refractivity contribution is 9.18. The van der Waals surface area contributed by atoms with Crippen molar-refractivity contribution in [1.82, 2.24) is 0 Å². The van der Waals surface area contributed by atoms with Gasteiger partial charge in [0, 0.05) is 0 Å². The molecule has 9 heavy (non-hydrogen) atoms. The molecule has 0 fully saturated rings. The van der Waals surface area contributed by atoms with E-state index in [0.29, 0.717) is 10.5 Å². The minimum Gasteiger partial charge on any atom is -0.481 e. The molecule has 0 spiro atoms. The molecule has 0 atom stereocenters. The Morgan fingerprint density at radius 1 is 1.78 bits per heavy atom. The zero-order valence-corrected chi connectivity index (χ0v) is 6.81. The molecule has 0 heterocycles. The molecule has 0 saturated carbocycles.